The smallest absolute Gasteiger partial charge is 0.410 e. The third-order valence-electron chi connectivity index (χ3n) is 6.78. The van der Waals surface area contributed by atoms with Crippen molar-refractivity contribution in [2.75, 3.05) is 19.7 Å². The maximum atomic E-state index is 13.1. The van der Waals surface area contributed by atoms with Crippen LogP contribution in [0, 0.1) is 19.8 Å². The third kappa shape index (κ3) is 5.16. The van der Waals surface area contributed by atoms with Gasteiger partial charge in [-0.05, 0) is 65.9 Å². The Hall–Kier alpha value is -2.36. The van der Waals surface area contributed by atoms with Crippen LogP contribution >= 0.6 is 0 Å². The van der Waals surface area contributed by atoms with E-state index in [4.69, 9.17) is 14.6 Å². The molecule has 1 aliphatic heterocycles. The van der Waals surface area contributed by atoms with Crippen molar-refractivity contribution < 1.29 is 27.4 Å². The molecule has 4 rings (SSSR count). The number of halogens is 3. The van der Waals surface area contributed by atoms with E-state index >= 15 is 0 Å². The van der Waals surface area contributed by atoms with Gasteiger partial charge in [0.25, 0.3) is 0 Å². The van der Waals surface area contributed by atoms with Crippen LogP contribution in [0.15, 0.2) is 6.07 Å². The lowest BCUT2D eigenvalue weighted by Gasteiger charge is -2.35. The van der Waals surface area contributed by atoms with Gasteiger partial charge in [-0.15, -0.1) is 0 Å². The molecule has 0 spiro atoms. The SMILES string of the molecule is Cc1nc2cc(C3CCC(C(F)(F)F)CC3)nn2c([C@H]2CN(C(=O)OC(C)(C)C)CCO2)c1C. The summed E-state index contributed by atoms with van der Waals surface area (Å²) in [4.78, 5) is 19.0. The molecule has 0 bridgehead atoms. The minimum Gasteiger partial charge on any atom is -0.444 e. The Morgan fingerprint density at radius 1 is 1.15 bits per heavy atom. The van der Waals surface area contributed by atoms with Crippen LogP contribution in [0.3, 0.4) is 0 Å². The van der Waals surface area contributed by atoms with Crippen molar-refractivity contribution in [3.8, 4) is 0 Å². The van der Waals surface area contributed by atoms with Gasteiger partial charge in [-0.25, -0.2) is 14.3 Å². The molecule has 1 atom stereocenters. The average Bonchev–Trinajstić information content (AvgIpc) is 3.16. The highest BCUT2D eigenvalue weighted by Gasteiger charge is 2.42. The number of nitrogens with zero attached hydrogens (tertiary/aromatic N) is 4. The Labute approximate surface area is 197 Å². The van der Waals surface area contributed by atoms with E-state index in [1.165, 1.54) is 0 Å². The maximum absolute atomic E-state index is 13.1. The molecule has 3 heterocycles. The van der Waals surface area contributed by atoms with Gasteiger partial charge in [0.05, 0.1) is 30.5 Å². The molecule has 7 nitrogen and oxygen atoms in total. The number of hydrogen-bond acceptors (Lipinski definition) is 5. The van der Waals surface area contributed by atoms with E-state index in [2.05, 4.69) is 4.98 Å². The summed E-state index contributed by atoms with van der Waals surface area (Å²) in [5, 5.41) is 4.79. The molecule has 0 aromatic carbocycles. The molecule has 1 amide bonds. The molecular weight excluding hydrogens is 449 g/mol. The van der Waals surface area contributed by atoms with E-state index in [1.807, 2.05) is 40.7 Å². The molecule has 2 aliphatic rings. The number of amides is 1. The van der Waals surface area contributed by atoms with Gasteiger partial charge in [0.1, 0.15) is 11.7 Å². The lowest BCUT2D eigenvalue weighted by molar-refractivity contribution is -0.182. The number of morpholine rings is 1. The van der Waals surface area contributed by atoms with Crippen LogP contribution in [-0.4, -0.2) is 57.1 Å². The Kier molecular flexibility index (Phi) is 6.56. The predicted octanol–water partition coefficient (Wildman–Crippen LogP) is 5.49. The number of rotatable bonds is 2. The number of carbonyl (C=O) groups excluding carboxylic acids is 1. The van der Waals surface area contributed by atoms with Crippen molar-refractivity contribution >= 4 is 11.7 Å². The molecule has 1 saturated carbocycles. The van der Waals surface area contributed by atoms with Crippen LogP contribution in [0.4, 0.5) is 18.0 Å². The van der Waals surface area contributed by atoms with E-state index in [-0.39, 0.29) is 24.9 Å². The Morgan fingerprint density at radius 2 is 1.82 bits per heavy atom. The minimum absolute atomic E-state index is 0.0284. The first kappa shape index (κ1) is 24.8. The fourth-order valence-electron chi connectivity index (χ4n) is 4.85. The van der Waals surface area contributed by atoms with Gasteiger partial charge in [-0.1, -0.05) is 0 Å². The Balaban J connectivity index is 1.60. The van der Waals surface area contributed by atoms with Gasteiger partial charge in [0, 0.05) is 24.2 Å². The number of carbonyl (C=O) groups is 1. The molecule has 1 saturated heterocycles. The van der Waals surface area contributed by atoms with Gasteiger partial charge in [-0.3, -0.25) is 0 Å². The van der Waals surface area contributed by atoms with Crippen molar-refractivity contribution in [3.05, 3.63) is 28.7 Å². The van der Waals surface area contributed by atoms with Crippen LogP contribution in [0.2, 0.25) is 0 Å². The molecule has 10 heteroatoms. The Bertz CT molecular complexity index is 1050. The standard InChI is InChI=1S/C24H33F3N4O3/c1-14-15(2)28-20-12-18(16-6-8-17(9-7-16)24(25,26)27)29-31(20)21(14)19-13-30(10-11-33-19)22(32)34-23(3,4)5/h12,16-17,19H,6-11,13H2,1-5H3/t16?,17?,19-/m1/s1. The average molecular weight is 483 g/mol. The first-order chi connectivity index (χ1) is 15.8. The molecule has 0 unspecified atom stereocenters. The zero-order valence-corrected chi connectivity index (χ0v) is 20.4. The van der Waals surface area contributed by atoms with Crippen LogP contribution in [0.1, 0.15) is 81.1 Å². The zero-order chi connectivity index (χ0) is 24.8. The molecule has 188 valence electrons. The summed E-state index contributed by atoms with van der Waals surface area (Å²) in [7, 11) is 0. The first-order valence-corrected chi connectivity index (χ1v) is 11.9. The van der Waals surface area contributed by atoms with Gasteiger partial charge in [0.15, 0.2) is 5.65 Å². The fraction of sp³-hybridized carbons (Fsp3) is 0.708. The van der Waals surface area contributed by atoms with E-state index in [0.29, 0.717) is 38.2 Å². The van der Waals surface area contributed by atoms with E-state index in [9.17, 15) is 18.0 Å². The number of aromatic nitrogens is 3. The number of hydrogen-bond donors (Lipinski definition) is 0. The molecule has 0 radical (unpaired) electrons. The van der Waals surface area contributed by atoms with Crippen LogP contribution in [0.5, 0.6) is 0 Å². The lowest BCUT2D eigenvalue weighted by atomic mass is 9.80. The summed E-state index contributed by atoms with van der Waals surface area (Å²) < 4.78 is 52.6. The topological polar surface area (TPSA) is 69.0 Å². The molecule has 0 N–H and O–H groups in total. The summed E-state index contributed by atoms with van der Waals surface area (Å²) in [6.07, 6.45) is -3.79. The highest BCUT2D eigenvalue weighted by atomic mass is 19.4. The zero-order valence-electron chi connectivity index (χ0n) is 20.4. The molecule has 1 aliphatic carbocycles. The van der Waals surface area contributed by atoms with Crippen LogP contribution < -0.4 is 0 Å². The first-order valence-electron chi connectivity index (χ1n) is 11.9. The summed E-state index contributed by atoms with van der Waals surface area (Å²) in [6, 6.07) is 1.88. The van der Waals surface area contributed by atoms with Crippen molar-refractivity contribution in [2.24, 2.45) is 5.92 Å². The van der Waals surface area contributed by atoms with Gasteiger partial charge < -0.3 is 14.4 Å². The highest BCUT2D eigenvalue weighted by Crippen LogP contribution is 2.43. The number of alkyl halides is 3. The molecule has 2 aromatic heterocycles. The highest BCUT2D eigenvalue weighted by molar-refractivity contribution is 5.68. The minimum atomic E-state index is -4.13. The monoisotopic (exact) mass is 482 g/mol. The van der Waals surface area contributed by atoms with E-state index < -0.39 is 23.8 Å². The van der Waals surface area contributed by atoms with Crippen LogP contribution in [0.25, 0.3) is 5.65 Å². The summed E-state index contributed by atoms with van der Waals surface area (Å²) in [5.41, 5.74) is 3.37. The maximum Gasteiger partial charge on any atom is 0.410 e. The number of aryl methyl sites for hydroxylation is 1. The molecule has 34 heavy (non-hydrogen) atoms. The number of fused-ring (bicyclic) bond motifs is 1. The van der Waals surface area contributed by atoms with Crippen LogP contribution in [-0.2, 0) is 9.47 Å². The van der Waals surface area contributed by atoms with Gasteiger partial charge in [0.2, 0.25) is 0 Å². The van der Waals surface area contributed by atoms with Crippen molar-refractivity contribution in [3.63, 3.8) is 0 Å². The molecule has 2 aromatic rings. The van der Waals surface area contributed by atoms with E-state index in [1.54, 1.807) is 9.42 Å². The number of ether oxygens (including phenoxy) is 2. The largest absolute Gasteiger partial charge is 0.444 e. The summed E-state index contributed by atoms with van der Waals surface area (Å²) >= 11 is 0. The lowest BCUT2D eigenvalue weighted by Crippen LogP contribution is -2.45. The Morgan fingerprint density at radius 3 is 2.44 bits per heavy atom. The second-order valence-electron chi connectivity index (χ2n) is 10.4. The van der Waals surface area contributed by atoms with Gasteiger partial charge in [-0.2, -0.15) is 18.3 Å². The quantitative estimate of drug-likeness (QED) is 0.566. The molecular formula is C24H33F3N4O3. The van der Waals surface area contributed by atoms with Gasteiger partial charge >= 0.3 is 12.3 Å². The predicted molar refractivity (Wildman–Crippen MR) is 120 cm³/mol. The second-order valence-corrected chi connectivity index (χ2v) is 10.4. The fourth-order valence-corrected chi connectivity index (χ4v) is 4.85. The van der Waals surface area contributed by atoms with E-state index in [0.717, 1.165) is 22.6 Å². The van der Waals surface area contributed by atoms with Crippen molar-refractivity contribution in [1.82, 2.24) is 19.5 Å². The normalized spacial score (nSPS) is 24.5. The van der Waals surface area contributed by atoms with Crippen molar-refractivity contribution in [2.45, 2.75) is 84.1 Å². The van der Waals surface area contributed by atoms with Crippen molar-refractivity contribution in [1.29, 1.82) is 0 Å². The summed E-state index contributed by atoms with van der Waals surface area (Å²) in [6.45, 7) is 10.5. The third-order valence-corrected chi connectivity index (χ3v) is 6.78. The molecule has 2 fully saturated rings. The summed E-state index contributed by atoms with van der Waals surface area (Å²) in [5.74, 6) is -1.26. The second kappa shape index (κ2) is 9.02.